The molecule has 0 unspecified atom stereocenters. The molecule has 1 nitrogen and oxygen atoms in total. The van der Waals surface area contributed by atoms with Gasteiger partial charge in [0.1, 0.15) is 0 Å². The summed E-state index contributed by atoms with van der Waals surface area (Å²) in [7, 11) is 0. The van der Waals surface area contributed by atoms with Gasteiger partial charge in [-0.05, 0) is 11.0 Å². The predicted molar refractivity (Wildman–Crippen MR) is 51.0 cm³/mol. The van der Waals surface area contributed by atoms with Crippen LogP contribution in [0.15, 0.2) is 30.3 Å². The van der Waals surface area contributed by atoms with E-state index < -0.39 is 0 Å². The lowest BCUT2D eigenvalue weighted by Gasteiger charge is -2.46. The normalized spacial score (nSPS) is 26.3. The van der Waals surface area contributed by atoms with Crippen molar-refractivity contribution in [1.82, 2.24) is 5.32 Å². The fraction of sp³-hybridized carbons (Fsp3) is 0.455. The molecule has 0 amide bonds. The Morgan fingerprint density at radius 2 is 1.92 bits per heavy atom. The molecule has 2 rings (SSSR count). The third-order valence-electron chi connectivity index (χ3n) is 2.68. The van der Waals surface area contributed by atoms with Crippen LogP contribution >= 0.6 is 0 Å². The van der Waals surface area contributed by atoms with Gasteiger partial charge in [0, 0.05) is 12.6 Å². The molecule has 1 N–H and O–H groups in total. The standard InChI is InChI=1S/C11H15N/c1-11(2)8-12-10(11)9-6-4-3-5-7-9/h3-7,10,12H,8H2,1-2H3/t10-/m1/s1. The largest absolute Gasteiger partial charge is 0.309 e. The molecule has 1 aliphatic rings. The zero-order valence-electron chi connectivity index (χ0n) is 7.67. The van der Waals surface area contributed by atoms with Gasteiger partial charge < -0.3 is 5.32 Å². The second kappa shape index (κ2) is 2.60. The summed E-state index contributed by atoms with van der Waals surface area (Å²) in [5, 5.41) is 3.45. The molecule has 64 valence electrons. The number of benzene rings is 1. The fourth-order valence-electron chi connectivity index (χ4n) is 1.83. The molecule has 1 fully saturated rings. The smallest absolute Gasteiger partial charge is 0.0384 e. The minimum atomic E-state index is 0.432. The Morgan fingerprint density at radius 3 is 2.33 bits per heavy atom. The lowest BCUT2D eigenvalue weighted by atomic mass is 9.74. The fourth-order valence-corrected chi connectivity index (χ4v) is 1.83. The zero-order valence-corrected chi connectivity index (χ0v) is 7.67. The van der Waals surface area contributed by atoms with Gasteiger partial charge in [-0.2, -0.15) is 0 Å². The molecular formula is C11H15N. The van der Waals surface area contributed by atoms with Crippen LogP contribution in [0, 0.1) is 5.41 Å². The second-order valence-corrected chi connectivity index (χ2v) is 4.21. The van der Waals surface area contributed by atoms with Crippen molar-refractivity contribution in [1.29, 1.82) is 0 Å². The van der Waals surface area contributed by atoms with E-state index in [0.717, 1.165) is 6.54 Å². The average molecular weight is 161 g/mol. The Morgan fingerprint density at radius 1 is 1.25 bits per heavy atom. The molecule has 0 spiro atoms. The summed E-state index contributed by atoms with van der Waals surface area (Å²) in [6.07, 6.45) is 0. The Bertz CT molecular complexity index is 264. The number of hydrogen-bond acceptors (Lipinski definition) is 1. The number of nitrogens with one attached hydrogen (secondary N) is 1. The van der Waals surface area contributed by atoms with Crippen molar-refractivity contribution in [2.24, 2.45) is 5.41 Å². The maximum Gasteiger partial charge on any atom is 0.0384 e. The van der Waals surface area contributed by atoms with Crippen molar-refractivity contribution in [2.75, 3.05) is 6.54 Å². The van der Waals surface area contributed by atoms with Crippen LogP contribution in [0.4, 0.5) is 0 Å². The molecule has 1 atom stereocenters. The minimum Gasteiger partial charge on any atom is -0.309 e. The summed E-state index contributed by atoms with van der Waals surface area (Å²) in [6, 6.07) is 11.2. The average Bonchev–Trinajstić information content (AvgIpc) is 2.05. The Balaban J connectivity index is 2.22. The summed E-state index contributed by atoms with van der Waals surface area (Å²) in [5.41, 5.74) is 1.84. The van der Waals surface area contributed by atoms with Gasteiger partial charge in [0.2, 0.25) is 0 Å². The molecule has 1 aliphatic heterocycles. The highest BCUT2D eigenvalue weighted by Gasteiger charge is 2.38. The quantitative estimate of drug-likeness (QED) is 0.666. The van der Waals surface area contributed by atoms with Gasteiger partial charge in [0.25, 0.3) is 0 Å². The number of hydrogen-bond donors (Lipinski definition) is 1. The molecule has 1 saturated heterocycles. The topological polar surface area (TPSA) is 12.0 Å². The van der Waals surface area contributed by atoms with Gasteiger partial charge in [0.15, 0.2) is 0 Å². The zero-order chi connectivity index (χ0) is 8.60. The van der Waals surface area contributed by atoms with Crippen molar-refractivity contribution < 1.29 is 0 Å². The van der Waals surface area contributed by atoms with E-state index in [1.165, 1.54) is 5.56 Å². The van der Waals surface area contributed by atoms with E-state index in [0.29, 0.717) is 11.5 Å². The predicted octanol–water partition coefficient (Wildman–Crippen LogP) is 2.36. The highest BCUT2D eigenvalue weighted by atomic mass is 15.0. The first-order valence-corrected chi connectivity index (χ1v) is 4.48. The second-order valence-electron chi connectivity index (χ2n) is 4.21. The Hall–Kier alpha value is -0.820. The Kier molecular flexibility index (Phi) is 1.69. The van der Waals surface area contributed by atoms with Crippen LogP contribution in [-0.2, 0) is 0 Å². The first kappa shape index (κ1) is 7.81. The molecule has 1 heteroatoms. The van der Waals surface area contributed by atoms with Gasteiger partial charge in [-0.15, -0.1) is 0 Å². The van der Waals surface area contributed by atoms with Gasteiger partial charge >= 0.3 is 0 Å². The summed E-state index contributed by atoms with van der Waals surface area (Å²) < 4.78 is 0. The highest BCUT2D eigenvalue weighted by molar-refractivity contribution is 5.23. The maximum absolute atomic E-state index is 3.45. The minimum absolute atomic E-state index is 0.432. The highest BCUT2D eigenvalue weighted by Crippen LogP contribution is 2.39. The van der Waals surface area contributed by atoms with E-state index in [1.54, 1.807) is 0 Å². The number of rotatable bonds is 1. The van der Waals surface area contributed by atoms with E-state index >= 15 is 0 Å². The van der Waals surface area contributed by atoms with E-state index in [9.17, 15) is 0 Å². The third kappa shape index (κ3) is 1.14. The van der Waals surface area contributed by atoms with Crippen LogP contribution in [0.25, 0.3) is 0 Å². The molecule has 1 aromatic rings. The van der Waals surface area contributed by atoms with Crippen LogP contribution in [0.1, 0.15) is 25.5 Å². The van der Waals surface area contributed by atoms with Crippen molar-refractivity contribution in [2.45, 2.75) is 19.9 Å². The van der Waals surface area contributed by atoms with Gasteiger partial charge in [-0.3, -0.25) is 0 Å². The maximum atomic E-state index is 3.45. The lowest BCUT2D eigenvalue weighted by Crippen LogP contribution is -2.52. The molecule has 0 saturated carbocycles. The van der Waals surface area contributed by atoms with Gasteiger partial charge in [0.05, 0.1) is 0 Å². The molecule has 0 aromatic heterocycles. The van der Waals surface area contributed by atoms with Crippen LogP contribution in [0.3, 0.4) is 0 Å². The molecule has 12 heavy (non-hydrogen) atoms. The van der Waals surface area contributed by atoms with Crippen molar-refractivity contribution in [3.8, 4) is 0 Å². The Labute approximate surface area is 73.8 Å². The van der Waals surface area contributed by atoms with Crippen LogP contribution < -0.4 is 5.32 Å². The summed E-state index contributed by atoms with van der Waals surface area (Å²) in [6.45, 7) is 5.74. The van der Waals surface area contributed by atoms with Crippen molar-refractivity contribution in [3.05, 3.63) is 35.9 Å². The summed E-state index contributed by atoms with van der Waals surface area (Å²) in [5.74, 6) is 0. The van der Waals surface area contributed by atoms with E-state index in [1.807, 2.05) is 0 Å². The first-order valence-electron chi connectivity index (χ1n) is 4.48. The van der Waals surface area contributed by atoms with Crippen LogP contribution in [0.2, 0.25) is 0 Å². The molecule has 0 aliphatic carbocycles. The molecule has 1 aromatic carbocycles. The van der Waals surface area contributed by atoms with Gasteiger partial charge in [-0.25, -0.2) is 0 Å². The van der Waals surface area contributed by atoms with Crippen molar-refractivity contribution >= 4 is 0 Å². The first-order chi connectivity index (χ1) is 5.70. The van der Waals surface area contributed by atoms with Crippen LogP contribution in [-0.4, -0.2) is 6.54 Å². The molecule has 0 radical (unpaired) electrons. The van der Waals surface area contributed by atoms with E-state index in [-0.39, 0.29) is 0 Å². The SMILES string of the molecule is CC1(C)CN[C@@H]1c1ccccc1. The molecular weight excluding hydrogens is 146 g/mol. The van der Waals surface area contributed by atoms with Crippen molar-refractivity contribution in [3.63, 3.8) is 0 Å². The van der Waals surface area contributed by atoms with Gasteiger partial charge in [-0.1, -0.05) is 44.2 Å². The van der Waals surface area contributed by atoms with Crippen LogP contribution in [0.5, 0.6) is 0 Å². The summed E-state index contributed by atoms with van der Waals surface area (Å²) >= 11 is 0. The monoisotopic (exact) mass is 161 g/mol. The van der Waals surface area contributed by atoms with E-state index in [4.69, 9.17) is 0 Å². The molecule has 0 bridgehead atoms. The third-order valence-corrected chi connectivity index (χ3v) is 2.68. The molecule has 1 heterocycles. The summed E-state index contributed by atoms with van der Waals surface area (Å²) in [4.78, 5) is 0. The lowest BCUT2D eigenvalue weighted by molar-refractivity contribution is 0.128. The van der Waals surface area contributed by atoms with E-state index in [2.05, 4.69) is 49.5 Å².